The van der Waals surface area contributed by atoms with E-state index in [1.54, 1.807) is 0 Å². The molecule has 0 spiro atoms. The van der Waals surface area contributed by atoms with Crippen molar-refractivity contribution in [2.45, 2.75) is 26.3 Å². The summed E-state index contributed by atoms with van der Waals surface area (Å²) in [6, 6.07) is 0. The average molecular weight is 195 g/mol. The molecule has 3 N–H and O–H groups in total. The fraction of sp³-hybridized carbons (Fsp3) is 0.833. The molecule has 0 bridgehead atoms. The molecule has 0 radical (unpaired) electrons. The normalized spacial score (nSPS) is 16.2. The molecule has 0 heterocycles. The van der Waals surface area contributed by atoms with Gasteiger partial charge in [-0.1, -0.05) is 0 Å². The van der Waals surface area contributed by atoms with E-state index in [1.807, 2.05) is 0 Å². The van der Waals surface area contributed by atoms with Gasteiger partial charge in [0.05, 0.1) is 0 Å². The lowest BCUT2D eigenvalue weighted by atomic mass is 10.6. The van der Waals surface area contributed by atoms with Gasteiger partial charge in [0.2, 0.25) is 5.12 Å². The molecule has 2 unspecified atom stereocenters. The van der Waals surface area contributed by atoms with E-state index in [4.69, 9.17) is 15.3 Å². The second kappa shape index (κ2) is 5.50. The van der Waals surface area contributed by atoms with Crippen LogP contribution in [0.5, 0.6) is 0 Å². The van der Waals surface area contributed by atoms with E-state index in [1.165, 1.54) is 13.8 Å². The highest BCUT2D eigenvalue weighted by Crippen LogP contribution is 2.16. The number of nitrogens with zero attached hydrogens (tertiary/aromatic N) is 1. The number of rotatable bonds is 4. The van der Waals surface area contributed by atoms with Crippen LogP contribution in [-0.4, -0.2) is 43.8 Å². The Morgan fingerprint density at radius 1 is 1.42 bits per heavy atom. The van der Waals surface area contributed by atoms with Crippen LogP contribution >= 0.6 is 11.9 Å². The second-order valence-corrected chi connectivity index (χ2v) is 3.30. The number of carbonyl (C=O) groups excluding carboxylic acids is 1. The van der Waals surface area contributed by atoms with Crippen LogP contribution in [0, 0.1) is 0 Å². The van der Waals surface area contributed by atoms with Gasteiger partial charge in [0, 0.05) is 11.9 Å². The molecular weight excluding hydrogens is 182 g/mol. The smallest absolute Gasteiger partial charge is 0.229 e. The van der Waals surface area contributed by atoms with Crippen molar-refractivity contribution in [2.24, 2.45) is 0 Å². The van der Waals surface area contributed by atoms with E-state index in [9.17, 15) is 4.79 Å². The van der Waals surface area contributed by atoms with Gasteiger partial charge in [-0.25, -0.2) is 0 Å². The first-order valence-corrected chi connectivity index (χ1v) is 4.22. The fourth-order valence-electron chi connectivity index (χ4n) is 0.611. The summed E-state index contributed by atoms with van der Waals surface area (Å²) in [5, 5.41) is 25.9. The van der Waals surface area contributed by atoms with Gasteiger partial charge in [0.1, 0.15) is 19.1 Å². The molecule has 0 aromatic carbocycles. The van der Waals surface area contributed by atoms with E-state index in [-0.39, 0.29) is 0 Å². The van der Waals surface area contributed by atoms with Gasteiger partial charge < -0.3 is 15.3 Å². The number of aliphatic hydroxyl groups excluding tert-OH is 3. The predicted molar refractivity (Wildman–Crippen MR) is 44.9 cm³/mol. The van der Waals surface area contributed by atoms with E-state index in [0.29, 0.717) is 11.9 Å². The molecule has 6 heteroatoms. The Morgan fingerprint density at radius 3 is 2.08 bits per heavy atom. The van der Waals surface area contributed by atoms with E-state index in [2.05, 4.69) is 0 Å². The third-order valence-electron chi connectivity index (χ3n) is 1.07. The zero-order valence-electron chi connectivity index (χ0n) is 6.97. The first kappa shape index (κ1) is 11.9. The van der Waals surface area contributed by atoms with Crippen molar-refractivity contribution >= 4 is 17.1 Å². The minimum atomic E-state index is -0.939. The van der Waals surface area contributed by atoms with Crippen LogP contribution in [0.1, 0.15) is 13.8 Å². The topological polar surface area (TPSA) is 81.0 Å². The maximum absolute atomic E-state index is 10.7. The predicted octanol–water partition coefficient (Wildman–Crippen LogP) is -0.868. The molecule has 0 aliphatic rings. The van der Waals surface area contributed by atoms with Crippen molar-refractivity contribution in [3.8, 4) is 0 Å². The molecule has 0 saturated heterocycles. The number of hydrogen-bond donors (Lipinski definition) is 3. The molecule has 5 nitrogen and oxygen atoms in total. The van der Waals surface area contributed by atoms with Crippen molar-refractivity contribution in [3.05, 3.63) is 0 Å². The lowest BCUT2D eigenvalue weighted by Gasteiger charge is -2.25. The highest BCUT2D eigenvalue weighted by atomic mass is 32.2. The van der Waals surface area contributed by atoms with Gasteiger partial charge in [-0.15, -0.1) is 0 Å². The molecule has 0 fully saturated rings. The third kappa shape index (κ3) is 4.03. The van der Waals surface area contributed by atoms with Crippen molar-refractivity contribution < 1.29 is 20.1 Å². The molecule has 0 saturated carbocycles. The Labute approximate surface area is 75.1 Å². The highest BCUT2D eigenvalue weighted by Gasteiger charge is 2.19. The quantitative estimate of drug-likeness (QED) is 0.400. The Bertz CT molecular complexity index is 142. The zero-order chi connectivity index (χ0) is 9.72. The van der Waals surface area contributed by atoms with Crippen LogP contribution in [0.3, 0.4) is 0 Å². The lowest BCUT2D eigenvalue weighted by molar-refractivity contribution is -0.114. The first-order chi connectivity index (χ1) is 5.49. The van der Waals surface area contributed by atoms with Crippen LogP contribution in [0.2, 0.25) is 0 Å². The number of aliphatic hydroxyl groups is 3. The minimum Gasteiger partial charge on any atom is -0.388 e. The summed E-state index contributed by atoms with van der Waals surface area (Å²) in [6.45, 7) is 2.23. The van der Waals surface area contributed by atoms with Crippen molar-refractivity contribution in [1.29, 1.82) is 0 Å². The van der Waals surface area contributed by atoms with Crippen molar-refractivity contribution in [3.63, 3.8) is 0 Å². The Morgan fingerprint density at radius 2 is 1.83 bits per heavy atom. The summed E-state index contributed by atoms with van der Waals surface area (Å²) in [5.74, 6) is 0. The van der Waals surface area contributed by atoms with Gasteiger partial charge in [-0.3, -0.25) is 4.79 Å². The molecule has 72 valence electrons. The standard InChI is InChI=1S/C6H13NO4S/c1-4(9)7(5(2)10)12-6(11)3-8/h4-5,8-10H,3H2,1-2H3. The van der Waals surface area contributed by atoms with Gasteiger partial charge in [-0.2, -0.15) is 4.31 Å². The van der Waals surface area contributed by atoms with Gasteiger partial charge in [-0.05, 0) is 13.8 Å². The van der Waals surface area contributed by atoms with E-state index < -0.39 is 24.2 Å². The monoisotopic (exact) mass is 195 g/mol. The summed E-state index contributed by atoms with van der Waals surface area (Å²) >= 11 is 0.605. The summed E-state index contributed by atoms with van der Waals surface area (Å²) in [6.07, 6.45) is -1.88. The summed E-state index contributed by atoms with van der Waals surface area (Å²) in [5.41, 5.74) is 0. The summed E-state index contributed by atoms with van der Waals surface area (Å²) < 4.78 is 1.08. The first-order valence-electron chi connectivity index (χ1n) is 3.45. The Hall–Kier alpha value is -0.140. The van der Waals surface area contributed by atoms with Crippen LogP contribution in [0.25, 0.3) is 0 Å². The van der Waals surface area contributed by atoms with Crippen molar-refractivity contribution in [1.82, 2.24) is 4.31 Å². The molecule has 12 heavy (non-hydrogen) atoms. The lowest BCUT2D eigenvalue weighted by Crippen LogP contribution is -2.35. The molecule has 0 rings (SSSR count). The Balaban J connectivity index is 4.05. The maximum atomic E-state index is 10.7. The summed E-state index contributed by atoms with van der Waals surface area (Å²) in [7, 11) is 0. The molecule has 0 aromatic rings. The second-order valence-electron chi connectivity index (χ2n) is 2.25. The van der Waals surface area contributed by atoms with Gasteiger partial charge >= 0.3 is 0 Å². The molecule has 0 amide bonds. The van der Waals surface area contributed by atoms with E-state index in [0.717, 1.165) is 4.31 Å². The molecule has 0 aromatic heterocycles. The average Bonchev–Trinajstić information content (AvgIpc) is 1.98. The van der Waals surface area contributed by atoms with Gasteiger partial charge in [0.25, 0.3) is 0 Å². The summed E-state index contributed by atoms with van der Waals surface area (Å²) in [4.78, 5) is 10.7. The molecule has 2 atom stereocenters. The zero-order valence-corrected chi connectivity index (χ0v) is 7.78. The largest absolute Gasteiger partial charge is 0.388 e. The van der Waals surface area contributed by atoms with Crippen LogP contribution in [0.4, 0.5) is 0 Å². The Kier molecular flexibility index (Phi) is 5.43. The minimum absolute atomic E-state index is 0.517. The van der Waals surface area contributed by atoms with Crippen molar-refractivity contribution in [2.75, 3.05) is 6.61 Å². The van der Waals surface area contributed by atoms with Gasteiger partial charge in [0.15, 0.2) is 0 Å². The highest BCUT2D eigenvalue weighted by molar-refractivity contribution is 8.11. The van der Waals surface area contributed by atoms with E-state index >= 15 is 0 Å². The van der Waals surface area contributed by atoms with Crippen LogP contribution < -0.4 is 0 Å². The third-order valence-corrected chi connectivity index (χ3v) is 2.23. The maximum Gasteiger partial charge on any atom is 0.229 e. The van der Waals surface area contributed by atoms with Crippen LogP contribution in [-0.2, 0) is 4.79 Å². The molecular formula is C6H13NO4S. The number of carbonyl (C=O) groups is 1. The molecule has 0 aliphatic carbocycles. The van der Waals surface area contributed by atoms with Crippen LogP contribution in [0.15, 0.2) is 0 Å². The number of hydrogen-bond acceptors (Lipinski definition) is 6. The molecule has 0 aliphatic heterocycles. The SMILES string of the molecule is CC(O)N(SC(=O)CO)C(C)O. The fourth-order valence-corrected chi connectivity index (χ4v) is 1.21.